The van der Waals surface area contributed by atoms with Gasteiger partial charge < -0.3 is 9.88 Å². The third-order valence-electron chi connectivity index (χ3n) is 3.73. The lowest BCUT2D eigenvalue weighted by Crippen LogP contribution is -2.39. The van der Waals surface area contributed by atoms with Crippen LogP contribution in [0.25, 0.3) is 0 Å². The summed E-state index contributed by atoms with van der Waals surface area (Å²) in [5.74, 6) is 2.17. The first-order valence-electron chi connectivity index (χ1n) is 6.78. The van der Waals surface area contributed by atoms with E-state index in [2.05, 4.69) is 40.9 Å². The summed E-state index contributed by atoms with van der Waals surface area (Å²) in [4.78, 5) is 0. The molecule has 4 nitrogen and oxygen atoms in total. The standard InChI is InChI=1S/C13H24N4/c1-5-7-13(8-6-9-14-13)12-16-15-11(4)17(12)10(2)3/h10,14H,5-9H2,1-4H3. The van der Waals surface area contributed by atoms with Gasteiger partial charge >= 0.3 is 0 Å². The fourth-order valence-corrected chi connectivity index (χ4v) is 3.06. The molecule has 96 valence electrons. The van der Waals surface area contributed by atoms with E-state index in [-0.39, 0.29) is 5.54 Å². The van der Waals surface area contributed by atoms with Gasteiger partial charge in [0.2, 0.25) is 0 Å². The van der Waals surface area contributed by atoms with E-state index in [0.29, 0.717) is 6.04 Å². The van der Waals surface area contributed by atoms with Crippen molar-refractivity contribution < 1.29 is 0 Å². The fraction of sp³-hybridized carbons (Fsp3) is 0.846. The van der Waals surface area contributed by atoms with Crippen LogP contribution >= 0.6 is 0 Å². The minimum Gasteiger partial charge on any atom is -0.311 e. The topological polar surface area (TPSA) is 42.7 Å². The van der Waals surface area contributed by atoms with Crippen LogP contribution < -0.4 is 5.32 Å². The van der Waals surface area contributed by atoms with Crippen LogP contribution in [0.4, 0.5) is 0 Å². The summed E-state index contributed by atoms with van der Waals surface area (Å²) in [7, 11) is 0. The molecule has 1 saturated heterocycles. The molecule has 17 heavy (non-hydrogen) atoms. The Balaban J connectivity index is 2.43. The van der Waals surface area contributed by atoms with Crippen molar-refractivity contribution in [2.24, 2.45) is 0 Å². The highest BCUT2D eigenvalue weighted by atomic mass is 15.3. The third-order valence-corrected chi connectivity index (χ3v) is 3.73. The summed E-state index contributed by atoms with van der Waals surface area (Å²) in [6.07, 6.45) is 4.75. The molecule has 1 aromatic heterocycles. The van der Waals surface area contributed by atoms with Crippen molar-refractivity contribution in [2.45, 2.75) is 65.0 Å². The number of nitrogens with zero attached hydrogens (tertiary/aromatic N) is 3. The molecule has 1 aliphatic heterocycles. The molecule has 4 heteroatoms. The maximum atomic E-state index is 4.46. The van der Waals surface area contributed by atoms with Crippen LogP contribution in [0.1, 0.15) is 64.1 Å². The Labute approximate surface area is 104 Å². The van der Waals surface area contributed by atoms with Crippen molar-refractivity contribution in [2.75, 3.05) is 6.54 Å². The Morgan fingerprint density at radius 2 is 2.18 bits per heavy atom. The van der Waals surface area contributed by atoms with Crippen LogP contribution in [0.15, 0.2) is 0 Å². The molecule has 1 aromatic rings. The molecular weight excluding hydrogens is 212 g/mol. The summed E-state index contributed by atoms with van der Waals surface area (Å²) >= 11 is 0. The number of hydrogen-bond acceptors (Lipinski definition) is 3. The van der Waals surface area contributed by atoms with E-state index in [1.165, 1.54) is 19.3 Å². The molecule has 0 radical (unpaired) electrons. The number of aryl methyl sites for hydroxylation is 1. The molecular formula is C13H24N4. The first kappa shape index (κ1) is 12.6. The Hall–Kier alpha value is -0.900. The van der Waals surface area contributed by atoms with E-state index in [0.717, 1.165) is 24.6 Å². The predicted molar refractivity (Wildman–Crippen MR) is 69.0 cm³/mol. The van der Waals surface area contributed by atoms with E-state index in [1.54, 1.807) is 0 Å². The molecule has 1 atom stereocenters. The average Bonchev–Trinajstić information content (AvgIpc) is 2.85. The molecule has 2 rings (SSSR count). The van der Waals surface area contributed by atoms with Gasteiger partial charge in [-0.15, -0.1) is 10.2 Å². The normalized spacial score (nSPS) is 24.8. The summed E-state index contributed by atoms with van der Waals surface area (Å²) in [6.45, 7) is 9.79. The molecule has 0 saturated carbocycles. The number of nitrogens with one attached hydrogen (secondary N) is 1. The molecule has 1 N–H and O–H groups in total. The summed E-state index contributed by atoms with van der Waals surface area (Å²) in [5.41, 5.74) is 0.0697. The van der Waals surface area contributed by atoms with Crippen LogP contribution in [-0.2, 0) is 5.54 Å². The summed E-state index contributed by atoms with van der Waals surface area (Å²) in [5, 5.41) is 12.4. The van der Waals surface area contributed by atoms with Crippen molar-refractivity contribution in [3.05, 3.63) is 11.6 Å². The van der Waals surface area contributed by atoms with Crippen LogP contribution in [-0.4, -0.2) is 21.3 Å². The van der Waals surface area contributed by atoms with Gasteiger partial charge in [0.15, 0.2) is 5.82 Å². The van der Waals surface area contributed by atoms with Crippen molar-refractivity contribution in [1.82, 2.24) is 20.1 Å². The Morgan fingerprint density at radius 3 is 2.71 bits per heavy atom. The largest absolute Gasteiger partial charge is 0.311 e. The predicted octanol–water partition coefficient (Wildman–Crippen LogP) is 2.55. The maximum Gasteiger partial charge on any atom is 0.153 e. The van der Waals surface area contributed by atoms with Gasteiger partial charge in [-0.1, -0.05) is 13.3 Å². The highest BCUT2D eigenvalue weighted by Crippen LogP contribution is 2.35. The van der Waals surface area contributed by atoms with Crippen LogP contribution in [0.2, 0.25) is 0 Å². The zero-order valence-corrected chi connectivity index (χ0v) is 11.5. The lowest BCUT2D eigenvalue weighted by molar-refractivity contribution is 0.312. The van der Waals surface area contributed by atoms with Crippen LogP contribution in [0.5, 0.6) is 0 Å². The SMILES string of the molecule is CCCC1(c2nnc(C)n2C(C)C)CCCN1. The van der Waals surface area contributed by atoms with E-state index < -0.39 is 0 Å². The maximum absolute atomic E-state index is 4.46. The molecule has 1 fully saturated rings. The molecule has 0 aromatic carbocycles. The van der Waals surface area contributed by atoms with E-state index in [1.807, 2.05) is 6.92 Å². The zero-order chi connectivity index (χ0) is 12.5. The molecule has 1 unspecified atom stereocenters. The van der Waals surface area contributed by atoms with Gasteiger partial charge in [0.05, 0.1) is 5.54 Å². The van der Waals surface area contributed by atoms with Crippen molar-refractivity contribution in [3.8, 4) is 0 Å². The van der Waals surface area contributed by atoms with Gasteiger partial charge in [-0.05, 0) is 46.6 Å². The molecule has 1 aliphatic rings. The van der Waals surface area contributed by atoms with Crippen molar-refractivity contribution >= 4 is 0 Å². The number of aromatic nitrogens is 3. The first-order chi connectivity index (χ1) is 8.10. The minimum absolute atomic E-state index is 0.0697. The lowest BCUT2D eigenvalue weighted by Gasteiger charge is -2.30. The summed E-state index contributed by atoms with van der Waals surface area (Å²) < 4.78 is 2.29. The second-order valence-corrected chi connectivity index (χ2v) is 5.40. The minimum atomic E-state index is 0.0697. The van der Waals surface area contributed by atoms with Crippen LogP contribution in [0.3, 0.4) is 0 Å². The van der Waals surface area contributed by atoms with Crippen molar-refractivity contribution in [1.29, 1.82) is 0 Å². The molecule has 0 amide bonds. The van der Waals surface area contributed by atoms with Gasteiger partial charge in [0.1, 0.15) is 5.82 Å². The average molecular weight is 236 g/mol. The molecule has 0 spiro atoms. The monoisotopic (exact) mass is 236 g/mol. The smallest absolute Gasteiger partial charge is 0.153 e. The van der Waals surface area contributed by atoms with Gasteiger partial charge in [-0.3, -0.25) is 0 Å². The van der Waals surface area contributed by atoms with Crippen LogP contribution in [0, 0.1) is 6.92 Å². The van der Waals surface area contributed by atoms with Crippen molar-refractivity contribution in [3.63, 3.8) is 0 Å². The van der Waals surface area contributed by atoms with Gasteiger partial charge in [0.25, 0.3) is 0 Å². The van der Waals surface area contributed by atoms with E-state index in [4.69, 9.17) is 0 Å². The molecule has 0 bridgehead atoms. The summed E-state index contributed by atoms with van der Waals surface area (Å²) in [6, 6.07) is 0.427. The van der Waals surface area contributed by atoms with E-state index >= 15 is 0 Å². The fourth-order valence-electron chi connectivity index (χ4n) is 3.06. The second kappa shape index (κ2) is 4.77. The quantitative estimate of drug-likeness (QED) is 0.873. The Kier molecular flexibility index (Phi) is 3.52. The Bertz CT molecular complexity index is 375. The Morgan fingerprint density at radius 1 is 1.41 bits per heavy atom. The van der Waals surface area contributed by atoms with Gasteiger partial charge in [-0.25, -0.2) is 0 Å². The number of rotatable bonds is 4. The number of hydrogen-bond donors (Lipinski definition) is 1. The molecule has 2 heterocycles. The highest BCUT2D eigenvalue weighted by molar-refractivity contribution is 5.12. The first-order valence-corrected chi connectivity index (χ1v) is 6.78. The highest BCUT2D eigenvalue weighted by Gasteiger charge is 2.39. The zero-order valence-electron chi connectivity index (χ0n) is 11.5. The van der Waals surface area contributed by atoms with Gasteiger partial charge in [0, 0.05) is 6.04 Å². The van der Waals surface area contributed by atoms with E-state index in [9.17, 15) is 0 Å². The second-order valence-electron chi connectivity index (χ2n) is 5.40. The van der Waals surface area contributed by atoms with Gasteiger partial charge in [-0.2, -0.15) is 0 Å². The molecule has 0 aliphatic carbocycles. The lowest BCUT2D eigenvalue weighted by atomic mass is 9.90. The third kappa shape index (κ3) is 2.10.